The molecule has 1 aliphatic carbocycles. The Morgan fingerprint density at radius 3 is 2.92 bits per heavy atom. The molecule has 2 N–H and O–H groups in total. The number of carbonyl (C=O) groups is 1. The second-order valence-electron chi connectivity index (χ2n) is 3.19. The van der Waals surface area contributed by atoms with Gasteiger partial charge in [-0.2, -0.15) is 0 Å². The molecular weight excluding hydrogens is 172 g/mol. The average molecular weight is 182 g/mol. The summed E-state index contributed by atoms with van der Waals surface area (Å²) in [5, 5.41) is 17.7. The Morgan fingerprint density at radius 2 is 2.31 bits per heavy atom. The van der Waals surface area contributed by atoms with Gasteiger partial charge in [-0.05, 0) is 24.5 Å². The molecule has 0 spiro atoms. The summed E-state index contributed by atoms with van der Waals surface area (Å²) in [5.74, 6) is -0.292. The third-order valence-corrected chi connectivity index (χ3v) is 2.27. The molecule has 0 aliphatic heterocycles. The lowest BCUT2D eigenvalue weighted by atomic mass is 10.2. The predicted octanol–water partition coefficient (Wildman–Crippen LogP) is 0.886. The van der Waals surface area contributed by atoms with Crippen molar-refractivity contribution in [3.63, 3.8) is 0 Å². The summed E-state index contributed by atoms with van der Waals surface area (Å²) in [5.41, 5.74) is 1.04. The highest BCUT2D eigenvalue weighted by Crippen LogP contribution is 2.28. The van der Waals surface area contributed by atoms with E-state index in [0.717, 1.165) is 30.6 Å². The van der Waals surface area contributed by atoms with Gasteiger partial charge < -0.3 is 14.6 Å². The molecule has 4 heteroatoms. The second kappa shape index (κ2) is 2.88. The van der Waals surface area contributed by atoms with Crippen LogP contribution in [0.5, 0.6) is 0 Å². The molecule has 1 aromatic rings. The van der Waals surface area contributed by atoms with Crippen LogP contribution in [0.2, 0.25) is 0 Å². The molecule has 1 atom stereocenters. The first-order chi connectivity index (χ1) is 6.18. The Kier molecular flexibility index (Phi) is 1.84. The van der Waals surface area contributed by atoms with Gasteiger partial charge in [0.15, 0.2) is 0 Å². The topological polar surface area (TPSA) is 70.7 Å². The number of hydrogen-bond donors (Lipinski definition) is 2. The quantitative estimate of drug-likeness (QED) is 0.712. The second-order valence-corrected chi connectivity index (χ2v) is 3.19. The molecule has 0 saturated heterocycles. The van der Waals surface area contributed by atoms with Crippen LogP contribution in [0.25, 0.3) is 0 Å². The maximum atomic E-state index is 10.4. The zero-order valence-electron chi connectivity index (χ0n) is 6.99. The van der Waals surface area contributed by atoms with Crippen molar-refractivity contribution in [1.29, 1.82) is 0 Å². The molecule has 4 nitrogen and oxygen atoms in total. The first-order valence-electron chi connectivity index (χ1n) is 4.21. The number of carboxylic acid groups (broad SMARTS) is 1. The number of aryl methyl sites for hydroxylation is 2. The van der Waals surface area contributed by atoms with Crippen LogP contribution < -0.4 is 0 Å². The van der Waals surface area contributed by atoms with Crippen LogP contribution in [-0.2, 0) is 17.6 Å². The number of furan rings is 1. The predicted molar refractivity (Wildman–Crippen MR) is 43.3 cm³/mol. The number of hydrogen-bond acceptors (Lipinski definition) is 3. The van der Waals surface area contributed by atoms with Crippen molar-refractivity contribution in [2.24, 2.45) is 0 Å². The summed E-state index contributed by atoms with van der Waals surface area (Å²) in [4.78, 5) is 10.4. The molecule has 0 bridgehead atoms. The van der Waals surface area contributed by atoms with Gasteiger partial charge in [-0.1, -0.05) is 0 Å². The van der Waals surface area contributed by atoms with E-state index in [2.05, 4.69) is 0 Å². The fraction of sp³-hybridized carbons (Fsp3) is 0.444. The van der Waals surface area contributed by atoms with Crippen LogP contribution >= 0.6 is 0 Å². The Hall–Kier alpha value is -1.29. The highest BCUT2D eigenvalue weighted by molar-refractivity contribution is 5.73. The Labute approximate surface area is 74.8 Å². The summed E-state index contributed by atoms with van der Waals surface area (Å²) in [6.07, 6.45) is 1.30. The molecule has 0 saturated carbocycles. The fourth-order valence-corrected chi connectivity index (χ4v) is 1.61. The number of rotatable bonds is 2. The van der Waals surface area contributed by atoms with Gasteiger partial charge in [0.05, 0.1) is 0 Å². The van der Waals surface area contributed by atoms with E-state index in [9.17, 15) is 4.79 Å². The molecule has 1 heterocycles. The minimum atomic E-state index is -1.52. The number of aliphatic carboxylic acids is 1. The molecule has 0 fully saturated rings. The van der Waals surface area contributed by atoms with E-state index in [1.54, 1.807) is 6.07 Å². The van der Waals surface area contributed by atoms with E-state index >= 15 is 0 Å². The number of fused-ring (bicyclic) bond motifs is 1. The van der Waals surface area contributed by atoms with Gasteiger partial charge in [-0.15, -0.1) is 0 Å². The van der Waals surface area contributed by atoms with Gasteiger partial charge in [0.2, 0.25) is 6.10 Å². The lowest BCUT2D eigenvalue weighted by Crippen LogP contribution is -2.09. The van der Waals surface area contributed by atoms with Crippen LogP contribution in [0.4, 0.5) is 0 Å². The van der Waals surface area contributed by atoms with Crippen molar-refractivity contribution in [3.05, 3.63) is 23.2 Å². The smallest absolute Gasteiger partial charge is 0.340 e. The Balaban J connectivity index is 2.28. The van der Waals surface area contributed by atoms with E-state index < -0.39 is 12.1 Å². The zero-order valence-corrected chi connectivity index (χ0v) is 6.99. The molecule has 0 amide bonds. The Bertz CT molecular complexity index is 318. The maximum Gasteiger partial charge on any atom is 0.340 e. The van der Waals surface area contributed by atoms with E-state index in [4.69, 9.17) is 14.6 Å². The molecular formula is C9H10O4. The van der Waals surface area contributed by atoms with Gasteiger partial charge in [0.25, 0.3) is 0 Å². The SMILES string of the molecule is O=C(O)C(O)c1cc2c(o1)CCC2. The van der Waals surface area contributed by atoms with E-state index in [1.165, 1.54) is 0 Å². The van der Waals surface area contributed by atoms with Crippen molar-refractivity contribution >= 4 is 5.97 Å². The van der Waals surface area contributed by atoms with Crippen molar-refractivity contribution in [1.82, 2.24) is 0 Å². The molecule has 1 unspecified atom stereocenters. The van der Waals surface area contributed by atoms with E-state index in [1.807, 2.05) is 0 Å². The lowest BCUT2D eigenvalue weighted by Gasteiger charge is -1.99. The van der Waals surface area contributed by atoms with Crippen molar-refractivity contribution < 1.29 is 19.4 Å². The number of carboxylic acids is 1. The van der Waals surface area contributed by atoms with E-state index in [-0.39, 0.29) is 5.76 Å². The molecule has 2 rings (SSSR count). The van der Waals surface area contributed by atoms with Gasteiger partial charge >= 0.3 is 5.97 Å². The molecule has 0 aromatic carbocycles. The van der Waals surface area contributed by atoms with Crippen LogP contribution in [0.1, 0.15) is 29.6 Å². The summed E-state index contributed by atoms with van der Waals surface area (Å²) < 4.78 is 5.22. The van der Waals surface area contributed by atoms with Gasteiger partial charge in [0, 0.05) is 6.42 Å². The van der Waals surface area contributed by atoms with E-state index in [0.29, 0.717) is 0 Å². The third kappa shape index (κ3) is 1.33. The van der Waals surface area contributed by atoms with Crippen LogP contribution in [0.15, 0.2) is 10.5 Å². The van der Waals surface area contributed by atoms with Crippen LogP contribution in [0.3, 0.4) is 0 Å². The van der Waals surface area contributed by atoms with Gasteiger partial charge in [-0.25, -0.2) is 4.79 Å². The molecule has 0 radical (unpaired) electrons. The first-order valence-corrected chi connectivity index (χ1v) is 4.21. The highest BCUT2D eigenvalue weighted by atomic mass is 16.4. The lowest BCUT2D eigenvalue weighted by molar-refractivity contribution is -0.147. The van der Waals surface area contributed by atoms with Crippen molar-refractivity contribution in [2.75, 3.05) is 0 Å². The molecule has 70 valence electrons. The minimum Gasteiger partial charge on any atom is -0.479 e. The summed E-state index contributed by atoms with van der Waals surface area (Å²) in [6, 6.07) is 1.64. The van der Waals surface area contributed by atoms with Crippen LogP contribution in [0, 0.1) is 0 Å². The third-order valence-electron chi connectivity index (χ3n) is 2.27. The molecule has 1 aliphatic rings. The van der Waals surface area contributed by atoms with Crippen LogP contribution in [-0.4, -0.2) is 16.2 Å². The zero-order chi connectivity index (χ0) is 9.42. The van der Waals surface area contributed by atoms with Gasteiger partial charge in [-0.3, -0.25) is 0 Å². The fourth-order valence-electron chi connectivity index (χ4n) is 1.61. The Morgan fingerprint density at radius 1 is 1.54 bits per heavy atom. The standard InChI is InChI=1S/C9H10O4/c10-8(9(11)12)7-4-5-2-1-3-6(5)13-7/h4,8,10H,1-3H2,(H,11,12). The van der Waals surface area contributed by atoms with Crippen molar-refractivity contribution in [3.8, 4) is 0 Å². The number of aliphatic hydroxyl groups is 1. The number of aliphatic hydroxyl groups excluding tert-OH is 1. The van der Waals surface area contributed by atoms with Crippen molar-refractivity contribution in [2.45, 2.75) is 25.4 Å². The molecule has 13 heavy (non-hydrogen) atoms. The average Bonchev–Trinajstić information content (AvgIpc) is 2.59. The first kappa shape index (κ1) is 8.31. The largest absolute Gasteiger partial charge is 0.479 e. The normalized spacial score (nSPS) is 17.0. The maximum absolute atomic E-state index is 10.4. The minimum absolute atomic E-state index is 0.150. The highest BCUT2D eigenvalue weighted by Gasteiger charge is 2.24. The summed E-state index contributed by atoms with van der Waals surface area (Å²) >= 11 is 0. The van der Waals surface area contributed by atoms with Gasteiger partial charge in [0.1, 0.15) is 11.5 Å². The monoisotopic (exact) mass is 182 g/mol. The summed E-state index contributed by atoms with van der Waals surface area (Å²) in [6.45, 7) is 0. The molecule has 1 aromatic heterocycles. The summed E-state index contributed by atoms with van der Waals surface area (Å²) in [7, 11) is 0.